The van der Waals surface area contributed by atoms with Gasteiger partial charge in [0, 0.05) is 25.8 Å². The molecule has 0 nitrogen and oxygen atoms in total. The van der Waals surface area contributed by atoms with Gasteiger partial charge < -0.3 is 0 Å². The molecule has 0 unspecified atom stereocenters. The predicted octanol–water partition coefficient (Wildman–Crippen LogP) is 14.4. The molecule has 8 aromatic carbocycles. The molecule has 8 aromatic rings. The first-order valence-electron chi connectivity index (χ1n) is 16.3. The fourth-order valence-electron chi connectivity index (χ4n) is 6.37. The molecule has 240 valence electrons. The maximum atomic E-state index is 5.43. The molecule has 0 aliphatic rings. The fourth-order valence-corrected chi connectivity index (χ4v) is 6.37. The zero-order valence-electron chi connectivity index (χ0n) is 28.2. The van der Waals surface area contributed by atoms with Gasteiger partial charge in [0.15, 0.2) is 0 Å². The third-order valence-corrected chi connectivity index (χ3v) is 8.49. The quantitative estimate of drug-likeness (QED) is 0.0944. The van der Waals surface area contributed by atoms with Crippen molar-refractivity contribution < 1.29 is 25.8 Å². The fraction of sp³-hybridized carbons (Fsp3) is 0.136. The summed E-state index contributed by atoms with van der Waals surface area (Å²) in [5.41, 5.74) is 8.05. The average molecular weight is 846 g/mol. The van der Waals surface area contributed by atoms with E-state index in [4.69, 9.17) is 22.2 Å². The van der Waals surface area contributed by atoms with Gasteiger partial charge in [-0.1, -0.05) is 129 Å². The van der Waals surface area contributed by atoms with Crippen LogP contribution in [-0.2, 0) is 25.8 Å². The van der Waals surface area contributed by atoms with Gasteiger partial charge >= 0.3 is 0 Å². The molecule has 8 rings (SSSR count). The maximum absolute atomic E-state index is 5.43. The maximum Gasteiger partial charge on any atom is 0.245 e. The van der Waals surface area contributed by atoms with Crippen LogP contribution in [0.25, 0.3) is 65.3 Å². The van der Waals surface area contributed by atoms with Gasteiger partial charge in [-0.2, -0.15) is 12.1 Å². The molecule has 0 spiro atoms. The summed E-state index contributed by atoms with van der Waals surface area (Å²) < 4.78 is 0. The summed E-state index contributed by atoms with van der Waals surface area (Å²) in [6.45, 7) is 8.72. The molecule has 0 bridgehead atoms. The van der Waals surface area contributed by atoms with E-state index in [0.29, 0.717) is 5.92 Å². The van der Waals surface area contributed by atoms with Gasteiger partial charge in [-0.25, -0.2) is 0 Å². The van der Waals surface area contributed by atoms with E-state index in [0.717, 1.165) is 0 Å². The van der Waals surface area contributed by atoms with E-state index in [-0.39, 0.29) is 25.8 Å². The molecule has 0 heterocycles. The van der Waals surface area contributed by atoms with Crippen molar-refractivity contribution in [2.75, 3.05) is 0 Å². The molecule has 0 amide bonds. The van der Waals surface area contributed by atoms with E-state index in [1.54, 1.807) is 0 Å². The van der Waals surface area contributed by atoms with Crippen molar-refractivity contribution in [2.24, 2.45) is 0 Å². The van der Waals surface area contributed by atoms with Crippen molar-refractivity contribution in [1.29, 1.82) is 0 Å². The monoisotopic (exact) mass is 846 g/mol. The summed E-state index contributed by atoms with van der Waals surface area (Å²) >= 11 is 10.9. The van der Waals surface area contributed by atoms with Crippen LogP contribution in [0.5, 0.6) is 0 Å². The first kappa shape index (κ1) is 36.0. The summed E-state index contributed by atoms with van der Waals surface area (Å²) in [4.78, 5) is 0. The Morgan fingerprint density at radius 2 is 0.875 bits per heavy atom. The van der Waals surface area contributed by atoms with Crippen LogP contribution >= 0.6 is 22.2 Å². The summed E-state index contributed by atoms with van der Waals surface area (Å²) in [6, 6.07) is 52.8. The number of benzene rings is 6. The summed E-state index contributed by atoms with van der Waals surface area (Å²) in [6.07, 6.45) is 0. The van der Waals surface area contributed by atoms with Crippen molar-refractivity contribution in [3.05, 3.63) is 157 Å². The van der Waals surface area contributed by atoms with Crippen LogP contribution in [0.4, 0.5) is 0 Å². The SMILES string of the molecule is CC(C)c1cc2c(-c3cccc4ccccc34)cccc2[cH-]1.C[Si](C)(Cl)Cl.Cc1cc2c(-c3cccc4ccccc34)cccc2[cH-]1.[Hf]. The van der Waals surface area contributed by atoms with Gasteiger partial charge in [0.1, 0.15) is 0 Å². The van der Waals surface area contributed by atoms with E-state index in [2.05, 4.69) is 166 Å². The number of rotatable bonds is 3. The minimum absolute atomic E-state index is 0. The van der Waals surface area contributed by atoms with E-state index < -0.39 is 6.69 Å². The third kappa shape index (κ3) is 8.29. The molecular formula is C44H40Cl2HfSi-2. The molecule has 0 aliphatic heterocycles. The van der Waals surface area contributed by atoms with Crippen LogP contribution < -0.4 is 0 Å². The van der Waals surface area contributed by atoms with Crippen LogP contribution in [0.1, 0.15) is 30.9 Å². The molecule has 4 heteroatoms. The predicted molar refractivity (Wildman–Crippen MR) is 213 cm³/mol. The van der Waals surface area contributed by atoms with Gasteiger partial charge in [-0.15, -0.1) is 91.2 Å². The number of hydrogen-bond acceptors (Lipinski definition) is 0. The summed E-state index contributed by atoms with van der Waals surface area (Å²) in [7, 11) is 0. The first-order chi connectivity index (χ1) is 22.6. The third-order valence-electron chi connectivity index (χ3n) is 8.49. The topological polar surface area (TPSA) is 0 Å². The number of fused-ring (bicyclic) bond motifs is 4. The molecule has 0 radical (unpaired) electrons. The standard InChI is InChI=1S/C22H19.C20H15.C2H6Cl2Si.Hf/c1-15(2)18-13-17-9-6-12-21(22(17)14-18)20-11-5-8-16-7-3-4-10-19(16)20;1-14-12-16-8-5-11-19(20(16)13-14)18-10-4-7-15-6-2-3-9-17(15)18;1-5(2,3)4;/h3-15H,1-2H3;2-13H,1H3;1-2H3;/q2*-1;;. The van der Waals surface area contributed by atoms with Crippen LogP contribution in [0.15, 0.2) is 146 Å². The Balaban J connectivity index is 0.000000163. The minimum Gasteiger partial charge on any atom is -0.165 e. The van der Waals surface area contributed by atoms with E-state index >= 15 is 0 Å². The van der Waals surface area contributed by atoms with Gasteiger partial charge in [0.2, 0.25) is 6.69 Å². The molecule has 0 aliphatic carbocycles. The smallest absolute Gasteiger partial charge is 0.165 e. The van der Waals surface area contributed by atoms with Crippen LogP contribution in [0, 0.1) is 6.92 Å². The Hall–Kier alpha value is -3.27. The molecule has 48 heavy (non-hydrogen) atoms. The Kier molecular flexibility index (Phi) is 11.6. The molecule has 0 fully saturated rings. The van der Waals surface area contributed by atoms with Crippen molar-refractivity contribution in [1.82, 2.24) is 0 Å². The van der Waals surface area contributed by atoms with Crippen molar-refractivity contribution >= 4 is 71.9 Å². The second-order valence-corrected chi connectivity index (χ2v) is 21.9. The van der Waals surface area contributed by atoms with E-state index in [9.17, 15) is 0 Å². The molecular weight excluding hydrogens is 806 g/mol. The molecule has 0 saturated carbocycles. The molecule has 0 saturated heterocycles. The summed E-state index contributed by atoms with van der Waals surface area (Å²) in [5, 5.41) is 10.6. The zero-order chi connectivity index (χ0) is 33.1. The Morgan fingerprint density at radius 3 is 1.35 bits per heavy atom. The van der Waals surface area contributed by atoms with E-state index in [1.165, 1.54) is 76.5 Å². The number of aryl methyl sites for hydroxylation is 1. The Labute approximate surface area is 314 Å². The van der Waals surface area contributed by atoms with Crippen LogP contribution in [0.2, 0.25) is 13.1 Å². The molecule has 0 N–H and O–H groups in total. The second kappa shape index (κ2) is 15.5. The van der Waals surface area contributed by atoms with Gasteiger partial charge in [-0.3, -0.25) is 0 Å². The van der Waals surface area contributed by atoms with Crippen LogP contribution in [0.3, 0.4) is 0 Å². The minimum atomic E-state index is -1.67. The van der Waals surface area contributed by atoms with E-state index in [1.807, 2.05) is 13.1 Å². The molecule has 0 atom stereocenters. The van der Waals surface area contributed by atoms with Crippen molar-refractivity contribution in [3.8, 4) is 22.3 Å². The van der Waals surface area contributed by atoms with Crippen LogP contribution in [-0.4, -0.2) is 6.69 Å². The first-order valence-corrected chi connectivity index (χ1v) is 21.3. The average Bonchev–Trinajstić information content (AvgIpc) is 3.67. The van der Waals surface area contributed by atoms with Gasteiger partial charge in [0.25, 0.3) is 0 Å². The number of hydrogen-bond donors (Lipinski definition) is 0. The summed E-state index contributed by atoms with van der Waals surface area (Å²) in [5.74, 6) is 0.563. The Bertz CT molecular complexity index is 2290. The number of halogens is 2. The van der Waals surface area contributed by atoms with Crippen molar-refractivity contribution in [3.63, 3.8) is 0 Å². The Morgan fingerprint density at radius 1 is 0.500 bits per heavy atom. The molecule has 0 aromatic heterocycles. The largest absolute Gasteiger partial charge is 0.245 e. The second-order valence-electron chi connectivity index (χ2n) is 13.0. The van der Waals surface area contributed by atoms with Gasteiger partial charge in [0.05, 0.1) is 0 Å². The zero-order valence-corrected chi connectivity index (χ0v) is 34.3. The van der Waals surface area contributed by atoms with Crippen molar-refractivity contribution in [2.45, 2.75) is 39.8 Å². The van der Waals surface area contributed by atoms with Gasteiger partial charge in [-0.05, 0) is 51.7 Å². The normalized spacial score (nSPS) is 11.2.